The van der Waals surface area contributed by atoms with E-state index < -0.39 is 0 Å². The van der Waals surface area contributed by atoms with E-state index in [1.807, 2.05) is 18.2 Å². The summed E-state index contributed by atoms with van der Waals surface area (Å²) in [6.07, 6.45) is 0.966. The Morgan fingerprint density at radius 2 is 2.23 bits per heavy atom. The fraction of sp³-hybridized carbons (Fsp3) is 0.273. The first kappa shape index (κ1) is 9.63. The van der Waals surface area contributed by atoms with E-state index >= 15 is 0 Å². The molecule has 1 aromatic carbocycles. The summed E-state index contributed by atoms with van der Waals surface area (Å²) in [5.41, 5.74) is 8.37. The fourth-order valence-corrected chi connectivity index (χ4v) is 1.07. The van der Waals surface area contributed by atoms with Crippen molar-refractivity contribution >= 4 is 5.69 Å². The molecule has 0 saturated carbocycles. The lowest BCUT2D eigenvalue weighted by molar-refractivity contribution is 0.350. The number of nitrogens with two attached hydrogens (primary N) is 1. The molecule has 13 heavy (non-hydrogen) atoms. The third-order valence-corrected chi connectivity index (χ3v) is 1.83. The van der Waals surface area contributed by atoms with Crippen LogP contribution in [0.25, 0.3) is 0 Å². The summed E-state index contributed by atoms with van der Waals surface area (Å²) in [5, 5.41) is 8.53. The molecule has 2 heteroatoms. The van der Waals surface area contributed by atoms with Crippen LogP contribution in [0.3, 0.4) is 0 Å². The van der Waals surface area contributed by atoms with Crippen molar-refractivity contribution in [1.82, 2.24) is 0 Å². The Labute approximate surface area is 78.4 Å². The number of anilines is 1. The highest BCUT2D eigenvalue weighted by atomic mass is 16.2. The van der Waals surface area contributed by atoms with Gasteiger partial charge in [-0.15, -0.1) is 0 Å². The van der Waals surface area contributed by atoms with Gasteiger partial charge in [0.1, 0.15) is 6.61 Å². The number of aryl methyl sites for hydroxylation is 1. The van der Waals surface area contributed by atoms with Crippen molar-refractivity contribution in [2.75, 3.05) is 12.3 Å². The lowest BCUT2D eigenvalue weighted by atomic mass is 10.1. The average molecular weight is 175 g/mol. The molecule has 0 unspecified atom stereocenters. The van der Waals surface area contributed by atoms with Gasteiger partial charge in [-0.25, -0.2) is 0 Å². The zero-order chi connectivity index (χ0) is 9.68. The van der Waals surface area contributed by atoms with Gasteiger partial charge in [-0.05, 0) is 24.1 Å². The van der Waals surface area contributed by atoms with Crippen LogP contribution >= 0.6 is 0 Å². The molecular weight excluding hydrogens is 162 g/mol. The van der Waals surface area contributed by atoms with Gasteiger partial charge in [-0.3, -0.25) is 0 Å². The Bertz CT molecular complexity index is 347. The molecule has 0 aromatic heterocycles. The van der Waals surface area contributed by atoms with Crippen LogP contribution in [-0.4, -0.2) is 11.7 Å². The van der Waals surface area contributed by atoms with Crippen molar-refractivity contribution in [2.24, 2.45) is 0 Å². The van der Waals surface area contributed by atoms with Gasteiger partial charge in [-0.2, -0.15) is 0 Å². The molecule has 0 amide bonds. The van der Waals surface area contributed by atoms with Crippen molar-refractivity contribution in [3.63, 3.8) is 0 Å². The summed E-state index contributed by atoms with van der Waals surface area (Å²) in [7, 11) is 0. The van der Waals surface area contributed by atoms with Gasteiger partial charge in [0.05, 0.1) is 0 Å². The van der Waals surface area contributed by atoms with E-state index in [1.165, 1.54) is 5.56 Å². The van der Waals surface area contributed by atoms with Gasteiger partial charge in [0.25, 0.3) is 0 Å². The lowest BCUT2D eigenvalue weighted by Gasteiger charge is -2.00. The van der Waals surface area contributed by atoms with Crippen LogP contribution in [0.4, 0.5) is 5.69 Å². The number of rotatable bonds is 1. The number of benzene rings is 1. The third kappa shape index (κ3) is 2.50. The molecule has 0 radical (unpaired) electrons. The van der Waals surface area contributed by atoms with Crippen LogP contribution in [-0.2, 0) is 6.42 Å². The smallest absolute Gasteiger partial charge is 0.104 e. The van der Waals surface area contributed by atoms with Gasteiger partial charge < -0.3 is 10.8 Å². The molecule has 0 aliphatic carbocycles. The maximum atomic E-state index is 8.53. The van der Waals surface area contributed by atoms with E-state index in [0.717, 1.165) is 12.0 Å². The molecule has 1 rings (SSSR count). The number of aliphatic hydroxyl groups is 1. The molecular formula is C11H13NO. The topological polar surface area (TPSA) is 46.2 Å². The van der Waals surface area contributed by atoms with E-state index in [9.17, 15) is 0 Å². The van der Waals surface area contributed by atoms with Gasteiger partial charge in [-0.1, -0.05) is 24.8 Å². The maximum Gasteiger partial charge on any atom is 0.104 e. The van der Waals surface area contributed by atoms with Crippen LogP contribution in [0.15, 0.2) is 18.2 Å². The molecule has 0 saturated heterocycles. The summed E-state index contributed by atoms with van der Waals surface area (Å²) in [5.74, 6) is 5.39. The first-order valence-corrected chi connectivity index (χ1v) is 4.26. The molecule has 0 atom stereocenters. The van der Waals surface area contributed by atoms with Crippen molar-refractivity contribution in [1.29, 1.82) is 0 Å². The molecule has 0 spiro atoms. The number of hydrogen-bond acceptors (Lipinski definition) is 2. The highest BCUT2D eigenvalue weighted by molar-refractivity contribution is 5.57. The summed E-state index contributed by atoms with van der Waals surface area (Å²) in [4.78, 5) is 0. The Morgan fingerprint density at radius 1 is 1.46 bits per heavy atom. The second kappa shape index (κ2) is 4.54. The molecule has 1 aromatic rings. The fourth-order valence-electron chi connectivity index (χ4n) is 1.07. The summed E-state index contributed by atoms with van der Waals surface area (Å²) < 4.78 is 0. The van der Waals surface area contributed by atoms with Crippen LogP contribution in [0.1, 0.15) is 18.1 Å². The second-order valence-electron chi connectivity index (χ2n) is 2.74. The molecule has 0 aliphatic rings. The van der Waals surface area contributed by atoms with Crippen LogP contribution in [0.2, 0.25) is 0 Å². The van der Waals surface area contributed by atoms with Gasteiger partial charge >= 0.3 is 0 Å². The Hall–Kier alpha value is -1.46. The lowest BCUT2D eigenvalue weighted by Crippen LogP contribution is -1.92. The van der Waals surface area contributed by atoms with Crippen LogP contribution in [0.5, 0.6) is 0 Å². The molecule has 68 valence electrons. The van der Waals surface area contributed by atoms with Crippen molar-refractivity contribution in [2.45, 2.75) is 13.3 Å². The standard InChI is InChI=1S/C11H13NO/c1-2-9-5-6-11(12)10(8-9)4-3-7-13/h5-6,8,13H,2,7,12H2,1H3. The van der Waals surface area contributed by atoms with E-state index in [1.54, 1.807) is 0 Å². The van der Waals surface area contributed by atoms with Gasteiger partial charge in [0.2, 0.25) is 0 Å². The largest absolute Gasteiger partial charge is 0.398 e. The first-order valence-electron chi connectivity index (χ1n) is 4.26. The minimum Gasteiger partial charge on any atom is -0.398 e. The minimum atomic E-state index is -0.129. The van der Waals surface area contributed by atoms with E-state index in [4.69, 9.17) is 10.8 Å². The zero-order valence-electron chi connectivity index (χ0n) is 7.67. The normalized spacial score (nSPS) is 9.08. The minimum absolute atomic E-state index is 0.129. The predicted octanol–water partition coefficient (Wildman–Crippen LogP) is 1.17. The molecule has 0 fully saturated rings. The highest BCUT2D eigenvalue weighted by Gasteiger charge is 1.96. The quantitative estimate of drug-likeness (QED) is 0.497. The van der Waals surface area contributed by atoms with Gasteiger partial charge in [0, 0.05) is 11.3 Å². The predicted molar refractivity (Wildman–Crippen MR) is 54.2 cm³/mol. The SMILES string of the molecule is CCc1ccc(N)c(C#CCO)c1. The van der Waals surface area contributed by atoms with E-state index in [2.05, 4.69) is 18.8 Å². The van der Waals surface area contributed by atoms with Crippen molar-refractivity contribution in [3.8, 4) is 11.8 Å². The molecule has 0 heterocycles. The average Bonchev–Trinajstić information content (AvgIpc) is 2.17. The monoisotopic (exact) mass is 175 g/mol. The summed E-state index contributed by atoms with van der Waals surface area (Å²) in [6, 6.07) is 5.79. The van der Waals surface area contributed by atoms with Crippen molar-refractivity contribution in [3.05, 3.63) is 29.3 Å². The van der Waals surface area contributed by atoms with Gasteiger partial charge in [0.15, 0.2) is 0 Å². The second-order valence-corrected chi connectivity index (χ2v) is 2.74. The van der Waals surface area contributed by atoms with Crippen molar-refractivity contribution < 1.29 is 5.11 Å². The Morgan fingerprint density at radius 3 is 2.85 bits per heavy atom. The zero-order valence-corrected chi connectivity index (χ0v) is 7.67. The number of aliphatic hydroxyl groups excluding tert-OH is 1. The highest BCUT2D eigenvalue weighted by Crippen LogP contribution is 2.13. The van der Waals surface area contributed by atoms with Crippen LogP contribution in [0, 0.1) is 11.8 Å². The first-order chi connectivity index (χ1) is 6.27. The Balaban J connectivity index is 3.04. The summed E-state index contributed by atoms with van der Waals surface area (Å²) >= 11 is 0. The maximum absolute atomic E-state index is 8.53. The number of hydrogen-bond donors (Lipinski definition) is 2. The van der Waals surface area contributed by atoms with E-state index in [-0.39, 0.29) is 6.61 Å². The summed E-state index contributed by atoms with van der Waals surface area (Å²) in [6.45, 7) is 1.95. The molecule has 2 nitrogen and oxygen atoms in total. The Kier molecular flexibility index (Phi) is 3.36. The molecule has 0 aliphatic heterocycles. The molecule has 3 N–H and O–H groups in total. The third-order valence-electron chi connectivity index (χ3n) is 1.83. The van der Waals surface area contributed by atoms with E-state index in [0.29, 0.717) is 5.69 Å². The van der Waals surface area contributed by atoms with Crippen LogP contribution < -0.4 is 5.73 Å². The number of nitrogen functional groups attached to an aromatic ring is 1. The molecule has 0 bridgehead atoms.